The van der Waals surface area contributed by atoms with Gasteiger partial charge in [-0.2, -0.15) is 0 Å². The zero-order valence-corrected chi connectivity index (χ0v) is 11.8. The summed E-state index contributed by atoms with van der Waals surface area (Å²) < 4.78 is 5.65. The van der Waals surface area contributed by atoms with E-state index in [9.17, 15) is 0 Å². The Morgan fingerprint density at radius 1 is 1.56 bits per heavy atom. The number of thiophene rings is 1. The fraction of sp³-hybridized carbons (Fsp3) is 0.500. The Morgan fingerprint density at radius 3 is 3.28 bits per heavy atom. The van der Waals surface area contributed by atoms with Crippen molar-refractivity contribution in [3.63, 3.8) is 0 Å². The van der Waals surface area contributed by atoms with Crippen molar-refractivity contribution in [2.75, 3.05) is 24.7 Å². The van der Waals surface area contributed by atoms with E-state index in [0.29, 0.717) is 12.1 Å². The molecule has 1 atom stereocenters. The number of rotatable bonds is 4. The molecule has 0 bridgehead atoms. The first kappa shape index (κ1) is 12.2. The molecular weight excluding hydrogens is 266 g/mol. The van der Waals surface area contributed by atoms with Gasteiger partial charge >= 0.3 is 0 Å². The van der Waals surface area contributed by atoms with Gasteiger partial charge in [-0.05, 0) is 24.3 Å². The smallest absolute Gasteiger partial charge is 0.224 e. The molecule has 96 valence electrons. The Kier molecular flexibility index (Phi) is 3.67. The van der Waals surface area contributed by atoms with Gasteiger partial charge in [-0.25, -0.2) is 9.97 Å². The van der Waals surface area contributed by atoms with Crippen LogP contribution in [0.4, 0.5) is 5.95 Å². The highest BCUT2D eigenvalue weighted by Gasteiger charge is 2.17. The molecule has 1 unspecified atom stereocenters. The minimum atomic E-state index is 0.386. The van der Waals surface area contributed by atoms with Crippen molar-refractivity contribution < 1.29 is 4.74 Å². The normalized spacial score (nSPS) is 19.5. The maximum Gasteiger partial charge on any atom is 0.224 e. The minimum Gasteiger partial charge on any atom is -0.377 e. The molecule has 0 amide bonds. The number of thioether (sulfide) groups is 1. The molecule has 1 fully saturated rings. The molecule has 1 aliphatic rings. The van der Waals surface area contributed by atoms with Crippen LogP contribution in [-0.2, 0) is 4.74 Å². The van der Waals surface area contributed by atoms with E-state index in [1.807, 2.05) is 7.05 Å². The van der Waals surface area contributed by atoms with Gasteiger partial charge in [0.2, 0.25) is 5.95 Å². The lowest BCUT2D eigenvalue weighted by Crippen LogP contribution is -2.08. The molecule has 0 aromatic carbocycles. The topological polar surface area (TPSA) is 47.0 Å². The standard InChI is InChI=1S/C12H15N3OS2/c1-13-12-14-10-9(4-6-17-10)11(15-12)18-7-8-3-2-5-16-8/h4,6,8H,2-3,5,7H2,1H3,(H,13,14,15). The predicted molar refractivity (Wildman–Crippen MR) is 76.7 cm³/mol. The number of fused-ring (bicyclic) bond motifs is 1. The van der Waals surface area contributed by atoms with Gasteiger partial charge < -0.3 is 10.1 Å². The van der Waals surface area contributed by atoms with Crippen LogP contribution in [0.5, 0.6) is 0 Å². The molecule has 18 heavy (non-hydrogen) atoms. The van der Waals surface area contributed by atoms with E-state index in [1.165, 1.54) is 12.8 Å². The minimum absolute atomic E-state index is 0.386. The van der Waals surface area contributed by atoms with Gasteiger partial charge in [0.25, 0.3) is 0 Å². The lowest BCUT2D eigenvalue weighted by atomic mass is 10.3. The quantitative estimate of drug-likeness (QED) is 0.689. The average Bonchev–Trinajstić information content (AvgIpc) is 3.06. The van der Waals surface area contributed by atoms with Crippen molar-refractivity contribution >= 4 is 39.3 Å². The number of hydrogen-bond acceptors (Lipinski definition) is 6. The maximum atomic E-state index is 5.65. The van der Waals surface area contributed by atoms with E-state index >= 15 is 0 Å². The lowest BCUT2D eigenvalue weighted by Gasteiger charge is -2.09. The molecule has 0 radical (unpaired) electrons. The van der Waals surface area contributed by atoms with Gasteiger partial charge in [0.1, 0.15) is 9.86 Å². The van der Waals surface area contributed by atoms with Crippen molar-refractivity contribution in [3.05, 3.63) is 11.4 Å². The van der Waals surface area contributed by atoms with Crippen molar-refractivity contribution in [1.82, 2.24) is 9.97 Å². The average molecular weight is 281 g/mol. The van der Waals surface area contributed by atoms with Crippen LogP contribution in [0.1, 0.15) is 12.8 Å². The van der Waals surface area contributed by atoms with Crippen LogP contribution in [0.25, 0.3) is 10.2 Å². The fourth-order valence-corrected chi connectivity index (χ4v) is 3.90. The zero-order valence-electron chi connectivity index (χ0n) is 10.2. The van der Waals surface area contributed by atoms with Gasteiger partial charge in [-0.1, -0.05) is 0 Å². The molecule has 1 N–H and O–H groups in total. The molecule has 0 aliphatic carbocycles. The first-order chi connectivity index (χ1) is 8.86. The van der Waals surface area contributed by atoms with Gasteiger partial charge in [0, 0.05) is 24.8 Å². The Labute approximate surface area is 114 Å². The number of ether oxygens (including phenoxy) is 1. The van der Waals surface area contributed by atoms with E-state index in [0.717, 1.165) is 27.6 Å². The first-order valence-corrected chi connectivity index (χ1v) is 7.91. The summed E-state index contributed by atoms with van der Waals surface area (Å²) in [5.74, 6) is 1.67. The first-order valence-electron chi connectivity index (χ1n) is 6.04. The molecule has 4 nitrogen and oxygen atoms in total. The summed E-state index contributed by atoms with van der Waals surface area (Å²) in [5, 5.41) is 7.29. The summed E-state index contributed by atoms with van der Waals surface area (Å²) in [7, 11) is 1.85. The molecule has 2 aromatic heterocycles. The van der Waals surface area contributed by atoms with E-state index in [2.05, 4.69) is 26.7 Å². The van der Waals surface area contributed by atoms with Gasteiger partial charge in [-0.3, -0.25) is 0 Å². The van der Waals surface area contributed by atoms with Crippen LogP contribution in [0.3, 0.4) is 0 Å². The van der Waals surface area contributed by atoms with Gasteiger partial charge in [0.05, 0.1) is 6.10 Å². The summed E-state index contributed by atoms with van der Waals surface area (Å²) in [6.07, 6.45) is 2.74. The fourth-order valence-electron chi connectivity index (χ4n) is 2.00. The highest BCUT2D eigenvalue weighted by Crippen LogP contribution is 2.31. The van der Waals surface area contributed by atoms with E-state index in [4.69, 9.17) is 4.74 Å². The molecule has 1 saturated heterocycles. The molecular formula is C12H15N3OS2. The molecule has 6 heteroatoms. The summed E-state index contributed by atoms with van der Waals surface area (Å²) in [6.45, 7) is 0.907. The second kappa shape index (κ2) is 5.42. The van der Waals surface area contributed by atoms with E-state index < -0.39 is 0 Å². The van der Waals surface area contributed by atoms with Crippen molar-refractivity contribution in [2.45, 2.75) is 24.0 Å². The molecule has 1 aliphatic heterocycles. The van der Waals surface area contributed by atoms with Crippen LogP contribution in [0.15, 0.2) is 16.5 Å². The lowest BCUT2D eigenvalue weighted by molar-refractivity contribution is 0.129. The second-order valence-electron chi connectivity index (χ2n) is 4.19. The summed E-state index contributed by atoms with van der Waals surface area (Å²) >= 11 is 3.43. The van der Waals surface area contributed by atoms with Gasteiger partial charge in [0.15, 0.2) is 0 Å². The predicted octanol–water partition coefficient (Wildman–Crippen LogP) is 3.00. The second-order valence-corrected chi connectivity index (χ2v) is 6.09. The summed E-state index contributed by atoms with van der Waals surface area (Å²) in [5.41, 5.74) is 0. The highest BCUT2D eigenvalue weighted by atomic mass is 32.2. The van der Waals surface area contributed by atoms with Crippen LogP contribution in [-0.4, -0.2) is 35.5 Å². The molecule has 0 spiro atoms. The van der Waals surface area contributed by atoms with Crippen LogP contribution in [0.2, 0.25) is 0 Å². The number of nitrogens with zero attached hydrogens (tertiary/aromatic N) is 2. The highest BCUT2D eigenvalue weighted by molar-refractivity contribution is 7.99. The molecule has 2 aromatic rings. The zero-order chi connectivity index (χ0) is 12.4. The van der Waals surface area contributed by atoms with Crippen LogP contribution >= 0.6 is 23.1 Å². The Morgan fingerprint density at radius 2 is 2.50 bits per heavy atom. The number of anilines is 1. The van der Waals surface area contributed by atoms with E-state index in [-0.39, 0.29) is 0 Å². The van der Waals surface area contributed by atoms with Crippen molar-refractivity contribution in [3.8, 4) is 0 Å². The largest absolute Gasteiger partial charge is 0.377 e. The molecule has 3 heterocycles. The SMILES string of the molecule is CNc1nc(SCC2CCCO2)c2ccsc2n1. The van der Waals surface area contributed by atoms with Crippen molar-refractivity contribution in [2.24, 2.45) is 0 Å². The maximum absolute atomic E-state index is 5.65. The summed E-state index contributed by atoms with van der Waals surface area (Å²) in [4.78, 5) is 10.0. The van der Waals surface area contributed by atoms with E-state index in [1.54, 1.807) is 23.1 Å². The molecule has 3 rings (SSSR count). The number of hydrogen-bond donors (Lipinski definition) is 1. The van der Waals surface area contributed by atoms with Gasteiger partial charge in [-0.15, -0.1) is 23.1 Å². The van der Waals surface area contributed by atoms with Crippen LogP contribution < -0.4 is 5.32 Å². The number of aromatic nitrogens is 2. The monoisotopic (exact) mass is 281 g/mol. The van der Waals surface area contributed by atoms with Crippen molar-refractivity contribution in [1.29, 1.82) is 0 Å². The Bertz CT molecular complexity index is 537. The third kappa shape index (κ3) is 2.46. The Balaban J connectivity index is 1.82. The number of nitrogens with one attached hydrogen (secondary N) is 1. The third-order valence-electron chi connectivity index (χ3n) is 2.94. The Hall–Kier alpha value is -0.850. The molecule has 0 saturated carbocycles. The van der Waals surface area contributed by atoms with Crippen LogP contribution in [0, 0.1) is 0 Å². The summed E-state index contributed by atoms with van der Waals surface area (Å²) in [6, 6.07) is 2.09. The third-order valence-corrected chi connectivity index (χ3v) is 4.87.